The third kappa shape index (κ3) is 2.49. The summed E-state index contributed by atoms with van der Waals surface area (Å²) in [5.41, 5.74) is 0. The normalized spacial score (nSPS) is 33.7. The summed E-state index contributed by atoms with van der Waals surface area (Å²) in [6, 6.07) is 0.480. The van der Waals surface area contributed by atoms with Crippen molar-refractivity contribution in [3.05, 3.63) is 0 Å². The van der Waals surface area contributed by atoms with E-state index >= 15 is 0 Å². The van der Waals surface area contributed by atoms with E-state index in [1.54, 1.807) is 0 Å². The second-order valence-electron chi connectivity index (χ2n) is 4.87. The fourth-order valence-electron chi connectivity index (χ4n) is 2.95. The number of rotatable bonds is 2. The Bertz CT molecular complexity index is 245. The molecule has 4 heteroatoms. The number of likely N-dealkylation sites (N-methyl/N-ethyl adjacent to an activating group) is 1. The van der Waals surface area contributed by atoms with E-state index in [0.717, 1.165) is 32.6 Å². The fourth-order valence-corrected chi connectivity index (χ4v) is 2.95. The van der Waals surface area contributed by atoms with E-state index in [4.69, 9.17) is 5.11 Å². The quantitative estimate of drug-likeness (QED) is 0.723. The van der Waals surface area contributed by atoms with Gasteiger partial charge >= 0.3 is 5.97 Å². The second kappa shape index (κ2) is 4.49. The molecule has 2 atom stereocenters. The lowest BCUT2D eigenvalue weighted by molar-refractivity contribution is -0.138. The Kier molecular flexibility index (Phi) is 3.26. The van der Waals surface area contributed by atoms with Crippen LogP contribution < -0.4 is 0 Å². The zero-order valence-electron chi connectivity index (χ0n) is 9.35. The van der Waals surface area contributed by atoms with E-state index in [-0.39, 0.29) is 0 Å². The second-order valence-corrected chi connectivity index (χ2v) is 4.87. The number of aliphatic carboxylic acids is 1. The lowest BCUT2D eigenvalue weighted by Crippen LogP contribution is -2.39. The van der Waals surface area contributed by atoms with Gasteiger partial charge < -0.3 is 10.0 Å². The van der Waals surface area contributed by atoms with E-state index in [0.29, 0.717) is 18.4 Å². The molecule has 2 aliphatic rings. The molecule has 2 unspecified atom stereocenters. The summed E-state index contributed by atoms with van der Waals surface area (Å²) in [4.78, 5) is 15.6. The van der Waals surface area contributed by atoms with E-state index in [2.05, 4.69) is 16.8 Å². The first-order valence-corrected chi connectivity index (χ1v) is 5.81. The molecule has 0 bridgehead atoms. The fraction of sp³-hybridized carbons (Fsp3) is 0.909. The number of hydrogen-bond acceptors (Lipinski definition) is 3. The first-order chi connectivity index (χ1) is 7.16. The van der Waals surface area contributed by atoms with Crippen LogP contribution >= 0.6 is 0 Å². The van der Waals surface area contributed by atoms with Crippen molar-refractivity contribution in [2.75, 3.05) is 33.2 Å². The maximum Gasteiger partial charge on any atom is 0.303 e. The SMILES string of the molecule is CN1CCCN2CCC(CC(=O)O)C2C1. The van der Waals surface area contributed by atoms with Crippen LogP contribution in [0.15, 0.2) is 0 Å². The predicted molar refractivity (Wildman–Crippen MR) is 57.8 cm³/mol. The van der Waals surface area contributed by atoms with Gasteiger partial charge in [0, 0.05) is 19.0 Å². The molecule has 0 spiro atoms. The van der Waals surface area contributed by atoms with Gasteiger partial charge in [0.25, 0.3) is 0 Å². The lowest BCUT2D eigenvalue weighted by atomic mass is 9.96. The summed E-state index contributed by atoms with van der Waals surface area (Å²) in [6.07, 6.45) is 2.62. The first kappa shape index (κ1) is 10.9. The van der Waals surface area contributed by atoms with Crippen LogP contribution in [0.25, 0.3) is 0 Å². The molecule has 0 saturated carbocycles. The Hall–Kier alpha value is -0.610. The maximum absolute atomic E-state index is 10.8. The van der Waals surface area contributed by atoms with Gasteiger partial charge in [-0.25, -0.2) is 0 Å². The highest BCUT2D eigenvalue weighted by Crippen LogP contribution is 2.29. The minimum atomic E-state index is -0.645. The minimum Gasteiger partial charge on any atom is -0.481 e. The van der Waals surface area contributed by atoms with Crippen LogP contribution in [0.2, 0.25) is 0 Å². The molecule has 1 N–H and O–H groups in total. The van der Waals surface area contributed by atoms with E-state index < -0.39 is 5.97 Å². The summed E-state index contributed by atoms with van der Waals surface area (Å²) >= 11 is 0. The highest BCUT2D eigenvalue weighted by molar-refractivity contribution is 5.67. The molecule has 0 amide bonds. The standard InChI is InChI=1S/C11H20N2O2/c1-12-4-2-5-13-6-3-9(7-11(14)15)10(13)8-12/h9-10H,2-8H2,1H3,(H,14,15). The van der Waals surface area contributed by atoms with Gasteiger partial charge in [0.05, 0.1) is 0 Å². The van der Waals surface area contributed by atoms with Crippen LogP contribution in [0.5, 0.6) is 0 Å². The number of nitrogens with zero attached hydrogens (tertiary/aromatic N) is 2. The van der Waals surface area contributed by atoms with Crippen molar-refractivity contribution in [3.63, 3.8) is 0 Å². The molecule has 2 heterocycles. The maximum atomic E-state index is 10.8. The molecule has 2 fully saturated rings. The highest BCUT2D eigenvalue weighted by atomic mass is 16.4. The monoisotopic (exact) mass is 212 g/mol. The van der Waals surface area contributed by atoms with Gasteiger partial charge in [0.15, 0.2) is 0 Å². The molecule has 0 aromatic heterocycles. The van der Waals surface area contributed by atoms with Crippen LogP contribution in [0, 0.1) is 5.92 Å². The van der Waals surface area contributed by atoms with E-state index in [9.17, 15) is 4.79 Å². The van der Waals surface area contributed by atoms with Gasteiger partial charge in [-0.3, -0.25) is 9.69 Å². The molecule has 0 radical (unpaired) electrons. The molecule has 4 nitrogen and oxygen atoms in total. The largest absolute Gasteiger partial charge is 0.481 e. The molecular weight excluding hydrogens is 192 g/mol. The summed E-state index contributed by atoms with van der Waals surface area (Å²) in [6.45, 7) is 4.42. The van der Waals surface area contributed by atoms with Gasteiger partial charge in [-0.1, -0.05) is 0 Å². The average Bonchev–Trinajstić information content (AvgIpc) is 2.43. The van der Waals surface area contributed by atoms with Crippen molar-refractivity contribution >= 4 is 5.97 Å². The smallest absolute Gasteiger partial charge is 0.303 e. The van der Waals surface area contributed by atoms with Crippen molar-refractivity contribution in [1.29, 1.82) is 0 Å². The van der Waals surface area contributed by atoms with Crippen LogP contribution in [-0.2, 0) is 4.79 Å². The summed E-state index contributed by atoms with van der Waals surface area (Å²) in [5, 5.41) is 8.87. The lowest BCUT2D eigenvalue weighted by Gasteiger charge is -2.27. The Morgan fingerprint density at radius 3 is 2.93 bits per heavy atom. The molecule has 2 aliphatic heterocycles. The van der Waals surface area contributed by atoms with Gasteiger partial charge in [0.1, 0.15) is 0 Å². The summed E-state index contributed by atoms with van der Waals surface area (Å²) in [5.74, 6) is -0.281. The molecule has 0 aromatic rings. The van der Waals surface area contributed by atoms with Gasteiger partial charge in [-0.2, -0.15) is 0 Å². The minimum absolute atomic E-state index is 0.342. The third-order valence-electron chi connectivity index (χ3n) is 3.72. The van der Waals surface area contributed by atoms with Crippen LogP contribution in [0.4, 0.5) is 0 Å². The number of fused-ring (bicyclic) bond motifs is 1. The first-order valence-electron chi connectivity index (χ1n) is 5.81. The Morgan fingerprint density at radius 1 is 1.40 bits per heavy atom. The predicted octanol–water partition coefficient (Wildman–Crippen LogP) is 0.487. The van der Waals surface area contributed by atoms with Crippen molar-refractivity contribution < 1.29 is 9.90 Å². The van der Waals surface area contributed by atoms with E-state index in [1.165, 1.54) is 6.42 Å². The van der Waals surface area contributed by atoms with Crippen molar-refractivity contribution in [2.45, 2.75) is 25.3 Å². The molecule has 86 valence electrons. The topological polar surface area (TPSA) is 43.8 Å². The van der Waals surface area contributed by atoms with Crippen LogP contribution in [-0.4, -0.2) is 60.1 Å². The highest BCUT2D eigenvalue weighted by Gasteiger charge is 2.36. The van der Waals surface area contributed by atoms with Crippen molar-refractivity contribution in [2.24, 2.45) is 5.92 Å². The van der Waals surface area contributed by atoms with Gasteiger partial charge in [-0.05, 0) is 45.4 Å². The zero-order chi connectivity index (χ0) is 10.8. The van der Waals surface area contributed by atoms with Gasteiger partial charge in [0.2, 0.25) is 0 Å². The number of carboxylic acid groups (broad SMARTS) is 1. The summed E-state index contributed by atoms with van der Waals surface area (Å²) < 4.78 is 0. The zero-order valence-corrected chi connectivity index (χ0v) is 9.35. The molecule has 0 aromatic carbocycles. The molecule has 15 heavy (non-hydrogen) atoms. The summed E-state index contributed by atoms with van der Waals surface area (Å²) in [7, 11) is 2.14. The van der Waals surface area contributed by atoms with Crippen molar-refractivity contribution in [3.8, 4) is 0 Å². The third-order valence-corrected chi connectivity index (χ3v) is 3.72. The van der Waals surface area contributed by atoms with Crippen LogP contribution in [0.3, 0.4) is 0 Å². The molecule has 2 rings (SSSR count). The van der Waals surface area contributed by atoms with Crippen molar-refractivity contribution in [1.82, 2.24) is 9.80 Å². The Balaban J connectivity index is 2.00. The molecule has 0 aliphatic carbocycles. The number of hydrogen-bond donors (Lipinski definition) is 1. The Labute approximate surface area is 90.9 Å². The Morgan fingerprint density at radius 2 is 2.20 bits per heavy atom. The number of carbonyl (C=O) groups is 1. The molecule has 2 saturated heterocycles. The average molecular weight is 212 g/mol. The number of carboxylic acids is 1. The van der Waals surface area contributed by atoms with Gasteiger partial charge in [-0.15, -0.1) is 0 Å². The molecular formula is C11H20N2O2. The van der Waals surface area contributed by atoms with E-state index in [1.807, 2.05) is 0 Å². The van der Waals surface area contributed by atoms with Crippen LogP contribution in [0.1, 0.15) is 19.3 Å².